The maximum Gasteiger partial charge on any atom is 0.435 e. The van der Waals surface area contributed by atoms with Gasteiger partial charge in [0.15, 0.2) is 11.3 Å². The predicted octanol–water partition coefficient (Wildman–Crippen LogP) is 6.16. The molecule has 1 aliphatic carbocycles. The Kier molecular flexibility index (Phi) is 7.14. The minimum atomic E-state index is -4.67. The topological polar surface area (TPSA) is 87.4 Å². The van der Waals surface area contributed by atoms with Crippen LogP contribution in [-0.4, -0.2) is 67.9 Å². The molecule has 0 bridgehead atoms. The Balaban J connectivity index is 1.19. The fourth-order valence-corrected chi connectivity index (χ4v) is 7.23. The Bertz CT molecular complexity index is 1490. The first-order valence-electron chi connectivity index (χ1n) is 13.8. The van der Waals surface area contributed by atoms with Crippen molar-refractivity contribution in [2.75, 3.05) is 31.1 Å². The molecule has 3 aromatic rings. The number of benzene rings is 1. The lowest BCUT2D eigenvalue weighted by Gasteiger charge is -2.52. The molecule has 2 aromatic heterocycles. The van der Waals surface area contributed by atoms with Gasteiger partial charge < -0.3 is 14.9 Å². The number of nitrogens with zero attached hydrogens (tertiary/aromatic N) is 6. The van der Waals surface area contributed by atoms with Gasteiger partial charge in [0.05, 0.1) is 16.8 Å². The Morgan fingerprint density at radius 3 is 2.56 bits per heavy atom. The summed E-state index contributed by atoms with van der Waals surface area (Å²) in [4.78, 5) is 24.9. The van der Waals surface area contributed by atoms with Gasteiger partial charge >= 0.3 is 12.1 Å². The monoisotopic (exact) mass is 610 g/mol. The number of carbonyl (C=O) groups is 1. The molecule has 41 heavy (non-hydrogen) atoms. The Morgan fingerprint density at radius 1 is 1.17 bits per heavy atom. The summed E-state index contributed by atoms with van der Waals surface area (Å²) in [5, 5.41) is 14.0. The highest BCUT2D eigenvalue weighted by Gasteiger charge is 2.50. The maximum atomic E-state index is 13.9. The van der Waals surface area contributed by atoms with E-state index in [0.29, 0.717) is 52.3 Å². The molecule has 13 heteroatoms. The summed E-state index contributed by atoms with van der Waals surface area (Å²) in [6, 6.07) is 4.55. The van der Waals surface area contributed by atoms with Crippen LogP contribution >= 0.6 is 23.2 Å². The van der Waals surface area contributed by atoms with Crippen LogP contribution < -0.4 is 4.90 Å². The van der Waals surface area contributed by atoms with E-state index in [1.54, 1.807) is 25.1 Å². The van der Waals surface area contributed by atoms with E-state index in [4.69, 9.17) is 23.2 Å². The molecule has 4 heterocycles. The first kappa shape index (κ1) is 28.5. The van der Waals surface area contributed by atoms with Gasteiger partial charge in [-0.15, -0.1) is 0 Å². The first-order valence-corrected chi connectivity index (χ1v) is 14.6. The quantitative estimate of drug-likeness (QED) is 0.357. The van der Waals surface area contributed by atoms with Crippen LogP contribution in [0.5, 0.6) is 0 Å². The number of piperidine rings is 1. The molecule has 3 aliphatic rings. The number of likely N-dealkylation sites (tertiary alicyclic amines) is 1. The molecule has 3 fully saturated rings. The van der Waals surface area contributed by atoms with Crippen LogP contribution in [0.3, 0.4) is 0 Å². The molecule has 0 radical (unpaired) electrons. The van der Waals surface area contributed by atoms with Crippen LogP contribution in [0.25, 0.3) is 11.0 Å². The molecule has 8 nitrogen and oxygen atoms in total. The van der Waals surface area contributed by atoms with E-state index >= 15 is 0 Å². The summed E-state index contributed by atoms with van der Waals surface area (Å²) < 4.78 is 43.0. The van der Waals surface area contributed by atoms with Crippen LogP contribution in [0.4, 0.5) is 19.1 Å². The normalized spacial score (nSPS) is 26.6. The molecular weight excluding hydrogens is 580 g/mol. The molecule has 1 N–H and O–H groups in total. The lowest BCUT2D eigenvalue weighted by atomic mass is 9.65. The average molecular weight is 611 g/mol. The number of hydrogen-bond donors (Lipinski definition) is 1. The SMILES string of the molecule is CC(c1ccc(Cl)cc1Cl)n1nc(C(F)(F)F)c2cnc(N3CC(C4CCCN(C5CC(C)(C(=O)O)C5)C4)C3)nc21. The van der Waals surface area contributed by atoms with E-state index < -0.39 is 29.3 Å². The van der Waals surface area contributed by atoms with Gasteiger partial charge in [-0.3, -0.25) is 4.79 Å². The van der Waals surface area contributed by atoms with Crippen molar-refractivity contribution in [1.29, 1.82) is 0 Å². The molecule has 0 amide bonds. The summed E-state index contributed by atoms with van der Waals surface area (Å²) in [6.45, 7) is 6.93. The second-order valence-corrected chi connectivity index (χ2v) is 12.9. The number of anilines is 1. The van der Waals surface area contributed by atoms with Crippen LogP contribution in [0.2, 0.25) is 10.0 Å². The molecule has 220 valence electrons. The van der Waals surface area contributed by atoms with E-state index in [2.05, 4.69) is 20.0 Å². The van der Waals surface area contributed by atoms with E-state index in [-0.39, 0.29) is 11.0 Å². The van der Waals surface area contributed by atoms with Crippen molar-refractivity contribution in [3.8, 4) is 0 Å². The van der Waals surface area contributed by atoms with Gasteiger partial charge in [-0.2, -0.15) is 23.3 Å². The predicted molar refractivity (Wildman–Crippen MR) is 149 cm³/mol. The number of carboxylic acids is 1. The van der Waals surface area contributed by atoms with Crippen molar-refractivity contribution < 1.29 is 23.1 Å². The fraction of sp³-hybridized carbons (Fsp3) is 0.571. The number of halogens is 5. The Hall–Kier alpha value is -2.63. The van der Waals surface area contributed by atoms with Crippen LogP contribution in [0.15, 0.2) is 24.4 Å². The molecule has 1 aromatic carbocycles. The van der Waals surface area contributed by atoms with Gasteiger partial charge in [-0.1, -0.05) is 29.3 Å². The van der Waals surface area contributed by atoms with E-state index in [1.165, 1.54) is 10.9 Å². The van der Waals surface area contributed by atoms with Gasteiger partial charge in [-0.25, -0.2) is 9.67 Å². The van der Waals surface area contributed by atoms with Gasteiger partial charge in [0, 0.05) is 41.9 Å². The average Bonchev–Trinajstić information content (AvgIpc) is 3.25. The number of aromatic nitrogens is 4. The third-order valence-corrected chi connectivity index (χ3v) is 9.80. The summed E-state index contributed by atoms with van der Waals surface area (Å²) in [6.07, 6.45) is 0.105. The van der Waals surface area contributed by atoms with Crippen molar-refractivity contribution in [3.63, 3.8) is 0 Å². The zero-order chi connectivity index (χ0) is 29.3. The Morgan fingerprint density at radius 2 is 1.90 bits per heavy atom. The lowest BCUT2D eigenvalue weighted by molar-refractivity contribution is -0.158. The van der Waals surface area contributed by atoms with E-state index in [0.717, 1.165) is 39.0 Å². The van der Waals surface area contributed by atoms with Crippen LogP contribution in [0.1, 0.15) is 56.8 Å². The van der Waals surface area contributed by atoms with E-state index in [9.17, 15) is 23.1 Å². The molecule has 1 saturated carbocycles. The zero-order valence-electron chi connectivity index (χ0n) is 22.7. The second kappa shape index (κ2) is 10.3. The summed E-state index contributed by atoms with van der Waals surface area (Å²) >= 11 is 12.4. The summed E-state index contributed by atoms with van der Waals surface area (Å²) in [7, 11) is 0. The van der Waals surface area contributed by atoms with Crippen LogP contribution in [0, 0.1) is 17.3 Å². The molecule has 2 saturated heterocycles. The molecule has 2 unspecified atom stereocenters. The van der Waals surface area contributed by atoms with Crippen molar-refractivity contribution in [1.82, 2.24) is 24.6 Å². The second-order valence-electron chi connectivity index (χ2n) is 12.0. The third kappa shape index (κ3) is 5.14. The fourth-order valence-electron chi connectivity index (χ4n) is 6.66. The number of aliphatic carboxylic acids is 1. The van der Waals surface area contributed by atoms with Crippen molar-refractivity contribution in [2.24, 2.45) is 17.3 Å². The van der Waals surface area contributed by atoms with Crippen LogP contribution in [-0.2, 0) is 11.0 Å². The number of rotatable bonds is 6. The molecule has 2 atom stereocenters. The lowest BCUT2D eigenvalue weighted by Crippen LogP contribution is -2.58. The number of alkyl halides is 3. The smallest absolute Gasteiger partial charge is 0.435 e. The van der Waals surface area contributed by atoms with Crippen molar-refractivity contribution in [2.45, 2.75) is 57.8 Å². The molecule has 6 rings (SSSR count). The van der Waals surface area contributed by atoms with Crippen molar-refractivity contribution in [3.05, 3.63) is 45.7 Å². The van der Waals surface area contributed by atoms with Crippen molar-refractivity contribution >= 4 is 46.2 Å². The van der Waals surface area contributed by atoms with Gasteiger partial charge in [0.25, 0.3) is 0 Å². The molecule has 0 spiro atoms. The summed E-state index contributed by atoms with van der Waals surface area (Å²) in [5.74, 6) is 0.561. The Labute approximate surface area is 245 Å². The molecular formula is C28H31Cl2F3N6O2. The van der Waals surface area contributed by atoms with Gasteiger partial charge in [-0.05, 0) is 75.6 Å². The third-order valence-electron chi connectivity index (χ3n) is 9.24. The minimum absolute atomic E-state index is 0.0968. The minimum Gasteiger partial charge on any atom is -0.481 e. The highest BCUT2D eigenvalue weighted by Crippen LogP contribution is 2.45. The number of fused-ring (bicyclic) bond motifs is 1. The first-order chi connectivity index (χ1) is 19.3. The highest BCUT2D eigenvalue weighted by molar-refractivity contribution is 6.35. The number of carboxylic acid groups (broad SMARTS) is 1. The zero-order valence-corrected chi connectivity index (χ0v) is 24.2. The van der Waals surface area contributed by atoms with E-state index in [1.807, 2.05) is 11.8 Å². The largest absolute Gasteiger partial charge is 0.481 e. The maximum absolute atomic E-state index is 13.9. The van der Waals surface area contributed by atoms with Gasteiger partial charge in [0.2, 0.25) is 5.95 Å². The van der Waals surface area contributed by atoms with Gasteiger partial charge in [0.1, 0.15) is 0 Å². The molecule has 2 aliphatic heterocycles. The highest BCUT2D eigenvalue weighted by atomic mass is 35.5. The number of hydrogen-bond acceptors (Lipinski definition) is 6. The summed E-state index contributed by atoms with van der Waals surface area (Å²) in [5.41, 5.74) is -0.972. The standard InChI is InChI=1S/C28H31Cl2F3N6O2/c1-15(20-6-5-18(29)8-22(20)30)39-24-21(23(36-39)28(31,32)33)11-34-26(35-24)38-13-17(14-38)16-4-3-7-37(12-16)19-9-27(2,10-19)25(40)41/h5-6,8,11,15-17,19H,3-4,7,9-10,12-14H2,1-2H3,(H,40,41).